The molecule has 1 N–H and O–H groups in total. The first-order valence-electron chi connectivity index (χ1n) is 10.2. The number of aromatic nitrogens is 2. The molecule has 1 aromatic heterocycles. The molecule has 0 fully saturated rings. The minimum absolute atomic E-state index is 0.00281. The molecule has 0 radical (unpaired) electrons. The number of unbranched alkanes of at least 4 members (excludes halogenated alkanes) is 1. The molecule has 31 heavy (non-hydrogen) atoms. The number of halogens is 3. The fraction of sp³-hybridized carbons (Fsp3) is 0.500. The molecule has 2 rings (SSSR count). The van der Waals surface area contributed by atoms with Crippen LogP contribution in [0.5, 0.6) is 5.88 Å². The van der Waals surface area contributed by atoms with Crippen LogP contribution in [0, 0.1) is 6.92 Å². The van der Waals surface area contributed by atoms with E-state index in [-0.39, 0.29) is 35.7 Å². The number of carbonyl (C=O) groups is 1. The predicted molar refractivity (Wildman–Crippen MR) is 107 cm³/mol. The largest absolute Gasteiger partial charge is 0.474 e. The number of hydrogen-bond donors (Lipinski definition) is 1. The molecule has 0 bridgehead atoms. The van der Waals surface area contributed by atoms with Crippen molar-refractivity contribution in [2.24, 2.45) is 0 Å². The Bertz CT molecular complexity index is 888. The third kappa shape index (κ3) is 6.92. The molecule has 2 aromatic rings. The number of aliphatic hydroxyl groups is 1. The van der Waals surface area contributed by atoms with Crippen molar-refractivity contribution in [2.45, 2.75) is 71.9 Å². The van der Waals surface area contributed by atoms with E-state index >= 15 is 0 Å². The van der Waals surface area contributed by atoms with Crippen LogP contribution in [0.15, 0.2) is 24.3 Å². The number of alkyl halides is 3. The molecular weight excluding hydrogens is 413 g/mol. The van der Waals surface area contributed by atoms with Crippen molar-refractivity contribution < 1.29 is 32.5 Å². The Kier molecular flexibility index (Phi) is 8.79. The maximum atomic E-state index is 12.9. The van der Waals surface area contributed by atoms with Crippen molar-refractivity contribution in [3.8, 4) is 5.88 Å². The maximum Gasteiger partial charge on any atom is 0.416 e. The van der Waals surface area contributed by atoms with Gasteiger partial charge >= 0.3 is 12.1 Å². The summed E-state index contributed by atoms with van der Waals surface area (Å²) in [5.74, 6) is -0.650. The van der Waals surface area contributed by atoms with Crippen LogP contribution in [0.2, 0.25) is 0 Å². The number of hydrogen-bond acceptors (Lipinski definition) is 6. The summed E-state index contributed by atoms with van der Waals surface area (Å²) >= 11 is 0. The standard InChI is InChI=1S/C22H27F3N2O4/c1-4-6-10-17(5-2)31-20-14(3)19(26-18(12-28)27-20)21(29)30-13-15-8-7-9-16(11-15)22(23,24)25/h7-9,11,17,28H,4-6,10,12-13H2,1-3H3. The number of nitrogens with zero attached hydrogens (tertiary/aromatic N) is 2. The van der Waals surface area contributed by atoms with Crippen molar-refractivity contribution >= 4 is 5.97 Å². The molecular formula is C22H27F3N2O4. The monoisotopic (exact) mass is 440 g/mol. The van der Waals surface area contributed by atoms with Crippen molar-refractivity contribution in [3.05, 3.63) is 52.5 Å². The Morgan fingerprint density at radius 2 is 1.97 bits per heavy atom. The van der Waals surface area contributed by atoms with E-state index in [4.69, 9.17) is 9.47 Å². The van der Waals surface area contributed by atoms with E-state index in [1.807, 2.05) is 6.92 Å². The van der Waals surface area contributed by atoms with E-state index < -0.39 is 24.3 Å². The molecule has 0 spiro atoms. The summed E-state index contributed by atoms with van der Waals surface area (Å²) in [6.07, 6.45) is -1.04. The first kappa shape index (κ1) is 24.6. The lowest BCUT2D eigenvalue weighted by molar-refractivity contribution is -0.137. The summed E-state index contributed by atoms with van der Waals surface area (Å²) in [5.41, 5.74) is -0.373. The van der Waals surface area contributed by atoms with Gasteiger partial charge in [-0.15, -0.1) is 0 Å². The molecule has 6 nitrogen and oxygen atoms in total. The van der Waals surface area contributed by atoms with Gasteiger partial charge in [-0.1, -0.05) is 38.8 Å². The minimum Gasteiger partial charge on any atom is -0.474 e. The zero-order valence-corrected chi connectivity index (χ0v) is 17.8. The van der Waals surface area contributed by atoms with Crippen LogP contribution < -0.4 is 4.74 Å². The fourth-order valence-electron chi connectivity index (χ4n) is 2.92. The maximum absolute atomic E-state index is 12.9. The second-order valence-electron chi connectivity index (χ2n) is 7.14. The number of ether oxygens (including phenoxy) is 2. The zero-order valence-electron chi connectivity index (χ0n) is 17.8. The molecule has 0 aliphatic rings. The third-order valence-electron chi connectivity index (χ3n) is 4.72. The van der Waals surface area contributed by atoms with Crippen LogP contribution in [0.25, 0.3) is 0 Å². The van der Waals surface area contributed by atoms with Gasteiger partial charge in [-0.3, -0.25) is 0 Å². The summed E-state index contributed by atoms with van der Waals surface area (Å²) in [6.45, 7) is 4.80. The first-order chi connectivity index (χ1) is 14.7. The molecule has 1 aromatic carbocycles. The first-order valence-corrected chi connectivity index (χ1v) is 10.2. The van der Waals surface area contributed by atoms with Crippen molar-refractivity contribution in [1.29, 1.82) is 0 Å². The van der Waals surface area contributed by atoms with Crippen LogP contribution in [0.4, 0.5) is 13.2 Å². The van der Waals surface area contributed by atoms with Crippen LogP contribution in [-0.4, -0.2) is 27.1 Å². The van der Waals surface area contributed by atoms with Gasteiger partial charge < -0.3 is 14.6 Å². The Morgan fingerprint density at radius 1 is 1.23 bits per heavy atom. The fourth-order valence-corrected chi connectivity index (χ4v) is 2.92. The smallest absolute Gasteiger partial charge is 0.416 e. The van der Waals surface area contributed by atoms with E-state index in [0.29, 0.717) is 5.56 Å². The van der Waals surface area contributed by atoms with Crippen LogP contribution in [0.3, 0.4) is 0 Å². The Labute approximate surface area is 179 Å². The summed E-state index contributed by atoms with van der Waals surface area (Å²) in [7, 11) is 0. The molecule has 0 amide bonds. The van der Waals surface area contributed by atoms with Crippen LogP contribution in [-0.2, 0) is 24.1 Å². The molecule has 0 saturated carbocycles. The normalized spacial score (nSPS) is 12.5. The number of benzene rings is 1. The molecule has 0 saturated heterocycles. The average molecular weight is 440 g/mol. The average Bonchev–Trinajstić information content (AvgIpc) is 2.75. The SMILES string of the molecule is CCCCC(CC)Oc1nc(CO)nc(C(=O)OCc2cccc(C(F)(F)F)c2)c1C. The van der Waals surface area contributed by atoms with E-state index in [9.17, 15) is 23.1 Å². The summed E-state index contributed by atoms with van der Waals surface area (Å²) < 4.78 is 49.7. The minimum atomic E-state index is -4.49. The Hall–Kier alpha value is -2.68. The number of rotatable bonds is 10. The van der Waals surface area contributed by atoms with Crippen LogP contribution >= 0.6 is 0 Å². The predicted octanol–water partition coefficient (Wildman–Crippen LogP) is 5.00. The van der Waals surface area contributed by atoms with Gasteiger partial charge in [-0.05, 0) is 37.5 Å². The highest BCUT2D eigenvalue weighted by atomic mass is 19.4. The van der Waals surface area contributed by atoms with Gasteiger partial charge in [0.05, 0.1) is 5.56 Å². The molecule has 1 unspecified atom stereocenters. The van der Waals surface area contributed by atoms with Crippen molar-refractivity contribution in [2.75, 3.05) is 0 Å². The van der Waals surface area contributed by atoms with E-state index in [1.54, 1.807) is 6.92 Å². The third-order valence-corrected chi connectivity index (χ3v) is 4.72. The summed E-state index contributed by atoms with van der Waals surface area (Å²) in [6, 6.07) is 4.55. The summed E-state index contributed by atoms with van der Waals surface area (Å²) in [4.78, 5) is 20.8. The van der Waals surface area contributed by atoms with Gasteiger partial charge in [0.25, 0.3) is 0 Å². The summed E-state index contributed by atoms with van der Waals surface area (Å²) in [5, 5.41) is 9.47. The second-order valence-corrected chi connectivity index (χ2v) is 7.14. The molecule has 0 aliphatic heterocycles. The zero-order chi connectivity index (χ0) is 23.0. The van der Waals surface area contributed by atoms with E-state index in [1.165, 1.54) is 12.1 Å². The van der Waals surface area contributed by atoms with Gasteiger partial charge in [-0.25, -0.2) is 9.78 Å². The van der Waals surface area contributed by atoms with Crippen LogP contribution in [0.1, 0.15) is 72.5 Å². The molecule has 0 aliphatic carbocycles. The Balaban J connectivity index is 2.20. The highest BCUT2D eigenvalue weighted by Gasteiger charge is 2.30. The molecule has 170 valence electrons. The highest BCUT2D eigenvalue weighted by molar-refractivity contribution is 5.89. The second kappa shape index (κ2) is 11.1. The van der Waals surface area contributed by atoms with Gasteiger partial charge in [0.1, 0.15) is 19.3 Å². The lowest BCUT2D eigenvalue weighted by atomic mass is 10.1. The van der Waals surface area contributed by atoms with Gasteiger partial charge in [0.15, 0.2) is 11.5 Å². The van der Waals surface area contributed by atoms with Gasteiger partial charge in [0, 0.05) is 5.56 Å². The van der Waals surface area contributed by atoms with E-state index in [2.05, 4.69) is 16.9 Å². The van der Waals surface area contributed by atoms with Gasteiger partial charge in [0.2, 0.25) is 5.88 Å². The van der Waals surface area contributed by atoms with Gasteiger partial charge in [-0.2, -0.15) is 18.2 Å². The molecule has 1 atom stereocenters. The molecule has 9 heteroatoms. The number of carbonyl (C=O) groups excluding carboxylic acids is 1. The lowest BCUT2D eigenvalue weighted by Crippen LogP contribution is -2.20. The number of esters is 1. The molecule has 1 heterocycles. The van der Waals surface area contributed by atoms with Crippen molar-refractivity contribution in [3.63, 3.8) is 0 Å². The topological polar surface area (TPSA) is 81.5 Å². The Morgan fingerprint density at radius 3 is 2.58 bits per heavy atom. The van der Waals surface area contributed by atoms with Crippen molar-refractivity contribution in [1.82, 2.24) is 9.97 Å². The number of aliphatic hydroxyl groups excluding tert-OH is 1. The highest BCUT2D eigenvalue weighted by Crippen LogP contribution is 2.30. The van der Waals surface area contributed by atoms with E-state index in [0.717, 1.165) is 37.8 Å². The lowest BCUT2D eigenvalue weighted by Gasteiger charge is -2.19. The quantitative estimate of drug-likeness (QED) is 0.524.